The van der Waals surface area contributed by atoms with Gasteiger partial charge in [0.25, 0.3) is 0 Å². The van der Waals surface area contributed by atoms with Gasteiger partial charge in [0.15, 0.2) is 5.11 Å². The van der Waals surface area contributed by atoms with E-state index in [9.17, 15) is 9.90 Å². The summed E-state index contributed by atoms with van der Waals surface area (Å²) in [6, 6.07) is 5.12. The molecular weight excluding hydrogens is 328 g/mol. The summed E-state index contributed by atoms with van der Waals surface area (Å²) in [4.78, 5) is 11.4. The number of hydrogen-bond acceptors (Lipinski definition) is 5. The molecule has 0 fully saturated rings. The molecule has 1 amide bonds. The summed E-state index contributed by atoms with van der Waals surface area (Å²) in [6.07, 6.45) is 1.22. The third-order valence-electron chi connectivity index (χ3n) is 3.61. The number of phenolic OH excluding ortho intramolecular Hbond substituents is 1. The van der Waals surface area contributed by atoms with Crippen LogP contribution in [-0.2, 0) is 9.53 Å². The Hall–Kier alpha value is -2.19. The van der Waals surface area contributed by atoms with Crippen LogP contribution in [0.5, 0.6) is 5.75 Å². The monoisotopic (exact) mass is 350 g/mol. The van der Waals surface area contributed by atoms with Crippen molar-refractivity contribution in [3.8, 4) is 5.75 Å². The van der Waals surface area contributed by atoms with Crippen LogP contribution in [-0.4, -0.2) is 42.1 Å². The van der Waals surface area contributed by atoms with Gasteiger partial charge in [0.2, 0.25) is 5.91 Å². The van der Waals surface area contributed by atoms with Gasteiger partial charge in [-0.1, -0.05) is 6.92 Å². The first kappa shape index (κ1) is 18.2. The van der Waals surface area contributed by atoms with Crippen LogP contribution in [0, 0.1) is 5.92 Å². The Morgan fingerprint density at radius 2 is 2.33 bits per heavy atom. The lowest BCUT2D eigenvalue weighted by atomic mass is 9.94. The fourth-order valence-corrected chi connectivity index (χ4v) is 2.59. The van der Waals surface area contributed by atoms with E-state index in [2.05, 4.69) is 21.2 Å². The maximum absolute atomic E-state index is 11.4. The first-order valence-electron chi connectivity index (χ1n) is 7.75. The van der Waals surface area contributed by atoms with Crippen LogP contribution in [0.1, 0.15) is 25.3 Å². The predicted molar refractivity (Wildman–Crippen MR) is 97.3 cm³/mol. The first-order valence-corrected chi connectivity index (χ1v) is 8.15. The maximum atomic E-state index is 11.4. The minimum Gasteiger partial charge on any atom is -0.506 e. The minimum absolute atomic E-state index is 0.00950. The molecule has 0 saturated heterocycles. The van der Waals surface area contributed by atoms with Gasteiger partial charge in [-0.05, 0) is 36.8 Å². The van der Waals surface area contributed by atoms with Crippen LogP contribution in [0.2, 0.25) is 0 Å². The van der Waals surface area contributed by atoms with Crippen LogP contribution in [0.15, 0.2) is 23.3 Å². The maximum Gasteiger partial charge on any atom is 0.240 e. The number of rotatable bonds is 6. The molecule has 0 aliphatic carbocycles. The van der Waals surface area contributed by atoms with Gasteiger partial charge in [-0.15, -0.1) is 0 Å². The average Bonchev–Trinajstić information content (AvgIpc) is 2.54. The van der Waals surface area contributed by atoms with E-state index >= 15 is 0 Å². The molecule has 0 radical (unpaired) electrons. The summed E-state index contributed by atoms with van der Waals surface area (Å²) in [7, 11) is 1.65. The Balaban J connectivity index is 2.06. The Morgan fingerprint density at radius 3 is 3.04 bits per heavy atom. The molecule has 1 atom stereocenters. The highest BCUT2D eigenvalue weighted by atomic mass is 32.1. The summed E-state index contributed by atoms with van der Waals surface area (Å²) in [5.41, 5.74) is 4.58. The zero-order valence-electron chi connectivity index (χ0n) is 13.8. The number of ether oxygens (including phenoxy) is 1. The Bertz CT molecular complexity index is 648. The fraction of sp³-hybridized carbons (Fsp3) is 0.438. The summed E-state index contributed by atoms with van der Waals surface area (Å²) in [5.74, 6) is 0.00738. The van der Waals surface area contributed by atoms with Crippen molar-refractivity contribution in [1.29, 1.82) is 0 Å². The quantitative estimate of drug-likeness (QED) is 0.353. The molecule has 1 aromatic rings. The lowest BCUT2D eigenvalue weighted by Crippen LogP contribution is -2.32. The van der Waals surface area contributed by atoms with Crippen molar-refractivity contribution in [2.75, 3.05) is 25.6 Å². The molecular formula is C16H22N4O3S. The third-order valence-corrected chi connectivity index (χ3v) is 3.86. The first-order chi connectivity index (χ1) is 11.5. The zero-order valence-corrected chi connectivity index (χ0v) is 14.6. The molecule has 0 spiro atoms. The van der Waals surface area contributed by atoms with Crippen molar-refractivity contribution in [2.45, 2.75) is 19.8 Å². The van der Waals surface area contributed by atoms with Crippen LogP contribution in [0.4, 0.5) is 5.69 Å². The number of aromatic hydroxyl groups is 1. The number of phenols is 1. The summed E-state index contributed by atoms with van der Waals surface area (Å²) < 4.78 is 4.97. The van der Waals surface area contributed by atoms with Crippen molar-refractivity contribution in [3.05, 3.63) is 23.8 Å². The number of methoxy groups -OCH3 is 1. The third kappa shape index (κ3) is 4.90. The molecule has 1 heterocycles. The molecule has 1 aromatic carbocycles. The van der Waals surface area contributed by atoms with E-state index in [1.54, 1.807) is 25.3 Å². The number of carbonyl (C=O) groups excluding carboxylic acids is 1. The molecule has 1 aliphatic heterocycles. The van der Waals surface area contributed by atoms with E-state index in [1.807, 2.05) is 6.92 Å². The van der Waals surface area contributed by atoms with E-state index in [0.717, 1.165) is 17.7 Å². The van der Waals surface area contributed by atoms with Gasteiger partial charge in [0.05, 0.1) is 11.4 Å². The van der Waals surface area contributed by atoms with Crippen molar-refractivity contribution in [3.63, 3.8) is 0 Å². The van der Waals surface area contributed by atoms with E-state index in [4.69, 9.17) is 17.0 Å². The number of amides is 1. The topological polar surface area (TPSA) is 95.0 Å². The second-order valence-electron chi connectivity index (χ2n) is 5.60. The lowest BCUT2D eigenvalue weighted by Gasteiger charge is -2.20. The molecule has 2 rings (SSSR count). The Kier molecular flexibility index (Phi) is 6.51. The summed E-state index contributed by atoms with van der Waals surface area (Å²) in [6.45, 7) is 3.27. The number of carbonyl (C=O) groups is 1. The van der Waals surface area contributed by atoms with E-state index < -0.39 is 0 Å². The highest BCUT2D eigenvalue weighted by molar-refractivity contribution is 7.80. The molecule has 0 aromatic heterocycles. The number of anilines is 1. The lowest BCUT2D eigenvalue weighted by molar-refractivity contribution is -0.121. The Labute approximate surface area is 146 Å². The van der Waals surface area contributed by atoms with Gasteiger partial charge in [-0.25, -0.2) is 5.43 Å². The van der Waals surface area contributed by atoms with Crippen molar-refractivity contribution in [2.24, 2.45) is 11.0 Å². The Morgan fingerprint density at radius 1 is 1.54 bits per heavy atom. The van der Waals surface area contributed by atoms with Gasteiger partial charge in [-0.3, -0.25) is 4.79 Å². The highest BCUT2D eigenvalue weighted by Crippen LogP contribution is 2.27. The van der Waals surface area contributed by atoms with E-state index in [0.29, 0.717) is 30.4 Å². The smallest absolute Gasteiger partial charge is 0.240 e. The van der Waals surface area contributed by atoms with E-state index in [1.165, 1.54) is 0 Å². The molecule has 0 saturated carbocycles. The number of benzene rings is 1. The fourth-order valence-electron chi connectivity index (χ4n) is 2.38. The van der Waals surface area contributed by atoms with Gasteiger partial charge in [0.1, 0.15) is 5.75 Å². The van der Waals surface area contributed by atoms with Gasteiger partial charge >= 0.3 is 0 Å². The predicted octanol–water partition coefficient (Wildman–Crippen LogP) is 1.58. The van der Waals surface area contributed by atoms with Crippen molar-refractivity contribution in [1.82, 2.24) is 10.7 Å². The summed E-state index contributed by atoms with van der Waals surface area (Å²) >= 11 is 5.22. The van der Waals surface area contributed by atoms with Crippen molar-refractivity contribution < 1.29 is 14.6 Å². The molecule has 1 aliphatic rings. The largest absolute Gasteiger partial charge is 0.506 e. The normalized spacial score (nSPS) is 17.0. The number of nitrogens with one attached hydrogen (secondary N) is 3. The number of nitrogens with zero attached hydrogens (tertiary/aromatic N) is 1. The van der Waals surface area contributed by atoms with Crippen LogP contribution in [0.3, 0.4) is 0 Å². The average molecular weight is 350 g/mol. The highest BCUT2D eigenvalue weighted by Gasteiger charge is 2.22. The molecule has 130 valence electrons. The zero-order chi connectivity index (χ0) is 17.5. The summed E-state index contributed by atoms with van der Waals surface area (Å²) in [5, 5.41) is 20.6. The minimum atomic E-state index is -0.0928. The van der Waals surface area contributed by atoms with Crippen molar-refractivity contribution >= 4 is 34.6 Å². The van der Waals surface area contributed by atoms with Crippen LogP contribution < -0.4 is 16.1 Å². The standard InChI is InChI=1S/C16H22N4O3S/c1-10-8-14(22)19-20-15(10)11-4-5-13(21)12(9-11)18-16(24)17-6-3-7-23-2/h4-5,9-10,21H,3,6-8H2,1-2H3,(H,19,22)(H2,17,18,24). The second-order valence-corrected chi connectivity index (χ2v) is 6.00. The number of hydrogen-bond donors (Lipinski definition) is 4. The van der Waals surface area contributed by atoms with Crippen LogP contribution >= 0.6 is 12.2 Å². The molecule has 8 heteroatoms. The molecule has 7 nitrogen and oxygen atoms in total. The van der Waals surface area contributed by atoms with Crippen LogP contribution in [0.25, 0.3) is 0 Å². The van der Waals surface area contributed by atoms with Gasteiger partial charge < -0.3 is 20.5 Å². The number of thiocarbonyl (C=S) groups is 1. The molecule has 0 bridgehead atoms. The molecule has 4 N–H and O–H groups in total. The second kappa shape index (κ2) is 8.60. The molecule has 24 heavy (non-hydrogen) atoms. The van der Waals surface area contributed by atoms with Gasteiger partial charge in [0, 0.05) is 38.2 Å². The SMILES string of the molecule is COCCCNC(=S)Nc1cc(C2=NNC(=O)CC2C)ccc1O. The number of hydrazone groups is 1. The van der Waals surface area contributed by atoms with Gasteiger partial charge in [-0.2, -0.15) is 5.10 Å². The van der Waals surface area contributed by atoms with E-state index in [-0.39, 0.29) is 17.6 Å². The molecule has 1 unspecified atom stereocenters.